The lowest BCUT2D eigenvalue weighted by atomic mass is 10.0. The number of anilines is 2. The predicted octanol–water partition coefficient (Wildman–Crippen LogP) is 3.47. The van der Waals surface area contributed by atoms with Gasteiger partial charge in [-0.3, -0.25) is 9.78 Å². The van der Waals surface area contributed by atoms with Gasteiger partial charge >= 0.3 is 0 Å². The number of aromatic nitrogens is 4. The third-order valence-electron chi connectivity index (χ3n) is 4.40. The molecule has 1 amide bonds. The van der Waals surface area contributed by atoms with Crippen molar-refractivity contribution in [2.24, 2.45) is 0 Å². The predicted molar refractivity (Wildman–Crippen MR) is 108 cm³/mol. The first-order valence-electron chi connectivity index (χ1n) is 8.70. The minimum atomic E-state index is -0.311. The van der Waals surface area contributed by atoms with E-state index in [9.17, 15) is 4.79 Å². The van der Waals surface area contributed by atoms with Gasteiger partial charge in [-0.2, -0.15) is 5.10 Å². The Morgan fingerprint density at radius 1 is 1.07 bits per heavy atom. The normalized spacial score (nSPS) is 10.6. The fourth-order valence-electron chi connectivity index (χ4n) is 2.85. The molecule has 0 fully saturated rings. The van der Waals surface area contributed by atoms with Crippen LogP contribution in [-0.4, -0.2) is 25.7 Å². The van der Waals surface area contributed by atoms with E-state index < -0.39 is 0 Å². The molecule has 138 valence electrons. The molecule has 7 heteroatoms. The van der Waals surface area contributed by atoms with Gasteiger partial charge in [0.05, 0.1) is 11.3 Å². The molecule has 0 unspecified atom stereocenters. The average Bonchev–Trinajstić information content (AvgIpc) is 3.25. The summed E-state index contributed by atoms with van der Waals surface area (Å²) in [5.74, 6) is -0.129. The van der Waals surface area contributed by atoms with E-state index in [2.05, 4.69) is 20.4 Å². The number of pyridine rings is 2. The van der Waals surface area contributed by atoms with Gasteiger partial charge in [0.25, 0.3) is 5.91 Å². The zero-order valence-electron chi connectivity index (χ0n) is 15.2. The SMILES string of the molecule is Cc1cnccc1NC(=O)c1cc(-c2ccc(-n3cccn3)cc2)cnc1N. The molecule has 3 aromatic heterocycles. The van der Waals surface area contributed by atoms with Gasteiger partial charge in [-0.25, -0.2) is 9.67 Å². The highest BCUT2D eigenvalue weighted by atomic mass is 16.1. The minimum Gasteiger partial charge on any atom is -0.383 e. The monoisotopic (exact) mass is 370 g/mol. The molecule has 7 nitrogen and oxygen atoms in total. The zero-order chi connectivity index (χ0) is 19.5. The van der Waals surface area contributed by atoms with Crippen molar-refractivity contribution in [2.45, 2.75) is 6.92 Å². The van der Waals surface area contributed by atoms with Crippen molar-refractivity contribution in [2.75, 3.05) is 11.1 Å². The van der Waals surface area contributed by atoms with Gasteiger partial charge in [0.2, 0.25) is 0 Å². The second kappa shape index (κ2) is 7.32. The fourth-order valence-corrected chi connectivity index (χ4v) is 2.85. The molecule has 0 aliphatic carbocycles. The van der Waals surface area contributed by atoms with Gasteiger partial charge in [-0.05, 0) is 48.4 Å². The minimum absolute atomic E-state index is 0.182. The van der Waals surface area contributed by atoms with Crippen molar-refractivity contribution >= 4 is 17.4 Å². The summed E-state index contributed by atoms with van der Waals surface area (Å²) in [5, 5.41) is 7.08. The van der Waals surface area contributed by atoms with Gasteiger partial charge < -0.3 is 11.1 Å². The standard InChI is InChI=1S/C21H18N6O/c1-14-12-23-9-7-19(14)26-21(28)18-11-16(13-24-20(18)22)15-3-5-17(6-4-15)27-10-2-8-25-27/h2-13H,1H3,(H2,22,24)(H,23,26,28). The van der Waals surface area contributed by atoms with Crippen LogP contribution in [0.3, 0.4) is 0 Å². The van der Waals surface area contributed by atoms with Crippen molar-refractivity contribution in [3.8, 4) is 16.8 Å². The lowest BCUT2D eigenvalue weighted by Gasteiger charge is -2.11. The summed E-state index contributed by atoms with van der Waals surface area (Å²) in [6, 6.07) is 13.2. The van der Waals surface area contributed by atoms with Crippen LogP contribution >= 0.6 is 0 Å². The fraction of sp³-hybridized carbons (Fsp3) is 0.0476. The Morgan fingerprint density at radius 3 is 2.61 bits per heavy atom. The van der Waals surface area contributed by atoms with Crippen LogP contribution in [0.4, 0.5) is 11.5 Å². The molecular weight excluding hydrogens is 352 g/mol. The summed E-state index contributed by atoms with van der Waals surface area (Å²) >= 11 is 0. The van der Waals surface area contributed by atoms with Gasteiger partial charge in [-0.1, -0.05) is 12.1 Å². The zero-order valence-corrected chi connectivity index (χ0v) is 15.2. The van der Waals surface area contributed by atoms with Crippen molar-refractivity contribution < 1.29 is 4.79 Å². The van der Waals surface area contributed by atoms with Crippen LogP contribution in [0.1, 0.15) is 15.9 Å². The first-order chi connectivity index (χ1) is 13.6. The van der Waals surface area contributed by atoms with Crippen LogP contribution in [0.25, 0.3) is 16.8 Å². The van der Waals surface area contributed by atoms with E-state index in [0.29, 0.717) is 11.3 Å². The Bertz CT molecular complexity index is 1120. The molecule has 4 aromatic rings. The number of nitrogens with zero attached hydrogens (tertiary/aromatic N) is 4. The number of rotatable bonds is 4. The van der Waals surface area contributed by atoms with E-state index in [0.717, 1.165) is 22.4 Å². The van der Waals surface area contributed by atoms with Crippen LogP contribution in [0.2, 0.25) is 0 Å². The first kappa shape index (κ1) is 17.4. The largest absolute Gasteiger partial charge is 0.383 e. The van der Waals surface area contributed by atoms with E-state index in [1.54, 1.807) is 41.6 Å². The van der Waals surface area contributed by atoms with Gasteiger partial charge in [0, 0.05) is 42.2 Å². The molecule has 1 aromatic carbocycles. The summed E-state index contributed by atoms with van der Waals surface area (Å²) in [4.78, 5) is 20.9. The Morgan fingerprint density at radius 2 is 1.89 bits per heavy atom. The Kier molecular flexibility index (Phi) is 4.55. The summed E-state index contributed by atoms with van der Waals surface area (Å²) < 4.78 is 1.78. The number of amides is 1. The molecule has 0 spiro atoms. The molecule has 0 saturated carbocycles. The van der Waals surface area contributed by atoms with E-state index in [1.165, 1.54) is 0 Å². The third kappa shape index (κ3) is 3.45. The van der Waals surface area contributed by atoms with Crippen LogP contribution in [0.15, 0.2) is 73.4 Å². The number of nitrogen functional groups attached to an aromatic ring is 1. The second-order valence-electron chi connectivity index (χ2n) is 6.30. The molecule has 3 N–H and O–H groups in total. The van der Waals surface area contributed by atoms with Crippen molar-refractivity contribution in [3.05, 3.63) is 84.6 Å². The van der Waals surface area contributed by atoms with Gasteiger partial charge in [0.15, 0.2) is 0 Å². The number of carbonyl (C=O) groups excluding carboxylic acids is 1. The van der Waals surface area contributed by atoms with Crippen LogP contribution < -0.4 is 11.1 Å². The molecule has 0 bridgehead atoms. The third-order valence-corrected chi connectivity index (χ3v) is 4.40. The average molecular weight is 370 g/mol. The quantitative estimate of drug-likeness (QED) is 0.573. The Balaban J connectivity index is 1.62. The molecule has 4 rings (SSSR count). The maximum Gasteiger partial charge on any atom is 0.259 e. The Labute approximate surface area is 161 Å². The molecule has 0 saturated heterocycles. The van der Waals surface area contributed by atoms with Crippen molar-refractivity contribution in [3.63, 3.8) is 0 Å². The van der Waals surface area contributed by atoms with Crippen molar-refractivity contribution in [1.82, 2.24) is 19.7 Å². The number of nitrogens with one attached hydrogen (secondary N) is 1. The maximum atomic E-state index is 12.7. The van der Waals surface area contributed by atoms with Gasteiger partial charge in [-0.15, -0.1) is 0 Å². The van der Waals surface area contributed by atoms with Crippen LogP contribution in [-0.2, 0) is 0 Å². The lowest BCUT2D eigenvalue weighted by molar-refractivity contribution is 0.102. The number of hydrogen-bond donors (Lipinski definition) is 2. The summed E-state index contributed by atoms with van der Waals surface area (Å²) in [7, 11) is 0. The van der Waals surface area contributed by atoms with E-state index in [4.69, 9.17) is 5.73 Å². The smallest absolute Gasteiger partial charge is 0.259 e. The summed E-state index contributed by atoms with van der Waals surface area (Å²) in [6.45, 7) is 1.88. The molecule has 0 aliphatic rings. The number of benzene rings is 1. The topological polar surface area (TPSA) is 98.7 Å². The number of aryl methyl sites for hydroxylation is 1. The second-order valence-corrected chi connectivity index (χ2v) is 6.30. The Hall–Kier alpha value is -4.00. The molecule has 0 aliphatic heterocycles. The molecule has 0 radical (unpaired) electrons. The van der Waals surface area contributed by atoms with Crippen LogP contribution in [0, 0.1) is 6.92 Å². The summed E-state index contributed by atoms with van der Waals surface area (Å²) in [6.07, 6.45) is 8.58. The van der Waals surface area contributed by atoms with E-state index in [1.807, 2.05) is 43.5 Å². The van der Waals surface area contributed by atoms with E-state index in [-0.39, 0.29) is 11.7 Å². The maximum absolute atomic E-state index is 12.7. The summed E-state index contributed by atoms with van der Waals surface area (Å²) in [5.41, 5.74) is 10.5. The molecule has 3 heterocycles. The lowest BCUT2D eigenvalue weighted by Crippen LogP contribution is -2.15. The van der Waals surface area contributed by atoms with Crippen LogP contribution in [0.5, 0.6) is 0 Å². The highest BCUT2D eigenvalue weighted by Gasteiger charge is 2.14. The number of carbonyl (C=O) groups is 1. The van der Waals surface area contributed by atoms with E-state index >= 15 is 0 Å². The highest BCUT2D eigenvalue weighted by Crippen LogP contribution is 2.24. The number of nitrogens with two attached hydrogens (primary N) is 1. The molecular formula is C21H18N6O. The molecule has 28 heavy (non-hydrogen) atoms. The first-order valence-corrected chi connectivity index (χ1v) is 8.70. The van der Waals surface area contributed by atoms with Crippen molar-refractivity contribution in [1.29, 1.82) is 0 Å². The highest BCUT2D eigenvalue weighted by molar-refractivity contribution is 6.08. The number of hydrogen-bond acceptors (Lipinski definition) is 5. The van der Waals surface area contributed by atoms with Gasteiger partial charge in [0.1, 0.15) is 5.82 Å². The molecule has 0 atom stereocenters.